The van der Waals surface area contributed by atoms with E-state index in [2.05, 4.69) is 42.2 Å². The van der Waals surface area contributed by atoms with Gasteiger partial charge in [0, 0.05) is 33.0 Å². The predicted molar refractivity (Wildman–Crippen MR) is 205 cm³/mol. The predicted octanol–water partition coefficient (Wildman–Crippen LogP) is 0.872. The number of nitrogens with one attached hydrogen (secondary N) is 6. The fourth-order valence-electron chi connectivity index (χ4n) is 4.83. The van der Waals surface area contributed by atoms with Crippen LogP contribution in [-0.4, -0.2) is 141 Å². The third-order valence-corrected chi connectivity index (χ3v) is 8.93. The van der Waals surface area contributed by atoms with Crippen molar-refractivity contribution >= 4 is 41.3 Å². The average molecular weight is 773 g/mol. The summed E-state index contributed by atoms with van der Waals surface area (Å²) in [6, 6.07) is -0.712. The van der Waals surface area contributed by atoms with Crippen molar-refractivity contribution in [3.05, 3.63) is 0 Å². The van der Waals surface area contributed by atoms with Crippen molar-refractivity contribution in [2.45, 2.75) is 111 Å². The zero-order chi connectivity index (χ0) is 40.8. The number of hydrogen-bond donors (Lipinski definition) is 8. The van der Waals surface area contributed by atoms with E-state index in [-0.39, 0.29) is 49.9 Å². The molecule has 18 heteroatoms. The van der Waals surface area contributed by atoms with Crippen molar-refractivity contribution in [1.29, 1.82) is 0 Å². The summed E-state index contributed by atoms with van der Waals surface area (Å²) in [5.74, 6) is -0.924. The molecule has 4 amide bonds. The fourth-order valence-corrected chi connectivity index (χ4v) is 4.83. The third kappa shape index (κ3) is 26.1. The van der Waals surface area contributed by atoms with E-state index in [4.69, 9.17) is 24.6 Å². The topological polar surface area (TPSA) is 250 Å². The molecule has 0 spiro atoms. The number of rotatable bonds is 33. The molecular formula is C36H68N8O10. The fraction of sp³-hybridized carbons (Fsp3) is 0.806. The summed E-state index contributed by atoms with van der Waals surface area (Å²) in [6.45, 7) is 15.9. The Bertz CT molecular complexity index is 1130. The van der Waals surface area contributed by atoms with Crippen LogP contribution < -0.4 is 31.9 Å². The highest BCUT2D eigenvalue weighted by Gasteiger charge is 2.24. The highest BCUT2D eigenvalue weighted by molar-refractivity contribution is 5.90. The van der Waals surface area contributed by atoms with E-state index < -0.39 is 23.0 Å². The maximum atomic E-state index is 12.4. The molecule has 8 N–H and O–H groups in total. The highest BCUT2D eigenvalue weighted by atomic mass is 16.5. The minimum atomic E-state index is -0.712. The lowest BCUT2D eigenvalue weighted by molar-refractivity contribution is -0.132. The standard InChI is InChI=1S/C36H68N8O10/c1-27(43-50)35(4,5)40-17-12-30(13-18-41-36(6,7)28(2)44-51)11-16-39-33(48)25-54-26-34(49)42-31(24-45)10-8-9-15-38-32(47)14-20-52-22-23-53-21-19-37-29(3)46/h24,30-31,40-41,50-51H,8-23,25-26H2,1-7H3,(H,37,46)(H,38,47)(H,39,48)(H,42,49)/b43-27+,44-28+/t31-/m0/s1. The highest BCUT2D eigenvalue weighted by Crippen LogP contribution is 2.15. The van der Waals surface area contributed by atoms with Gasteiger partial charge in [-0.05, 0) is 99.1 Å². The molecule has 0 fully saturated rings. The SMILES string of the molecule is CC(=O)NCCOCCOCCC(=O)NCCCC[C@@H](C=O)NC(=O)COCC(=O)NCCC(CCNC(C)(C)/C(C)=N/O)CCNC(C)(C)/C(C)=N/O. The van der Waals surface area contributed by atoms with Crippen LogP contribution in [0.2, 0.25) is 0 Å². The van der Waals surface area contributed by atoms with Crippen LogP contribution in [0.25, 0.3) is 0 Å². The van der Waals surface area contributed by atoms with Gasteiger partial charge in [0.25, 0.3) is 0 Å². The monoisotopic (exact) mass is 773 g/mol. The molecule has 0 radical (unpaired) electrons. The lowest BCUT2D eigenvalue weighted by atomic mass is 9.94. The second-order valence-corrected chi connectivity index (χ2v) is 14.2. The van der Waals surface area contributed by atoms with E-state index in [1.165, 1.54) is 6.92 Å². The van der Waals surface area contributed by atoms with Gasteiger partial charge in [0.15, 0.2) is 0 Å². The summed E-state index contributed by atoms with van der Waals surface area (Å²) in [7, 11) is 0. The molecular weight excluding hydrogens is 704 g/mol. The van der Waals surface area contributed by atoms with Crippen LogP contribution in [-0.2, 0) is 38.2 Å². The summed E-state index contributed by atoms with van der Waals surface area (Å²) in [5, 5.41) is 42.6. The molecule has 0 rings (SSSR count). The number of ether oxygens (including phenoxy) is 3. The van der Waals surface area contributed by atoms with Gasteiger partial charge in [-0.2, -0.15) is 0 Å². The Morgan fingerprint density at radius 2 is 1.17 bits per heavy atom. The minimum Gasteiger partial charge on any atom is -0.411 e. The van der Waals surface area contributed by atoms with E-state index in [1.54, 1.807) is 13.8 Å². The first-order valence-electron chi connectivity index (χ1n) is 18.7. The number of carbonyl (C=O) groups excluding carboxylic acids is 5. The number of unbranched alkanes of at least 4 members (excludes halogenated alkanes) is 1. The van der Waals surface area contributed by atoms with Crippen LogP contribution in [0.15, 0.2) is 10.3 Å². The molecule has 0 aliphatic rings. The van der Waals surface area contributed by atoms with Crippen molar-refractivity contribution in [2.75, 3.05) is 72.4 Å². The molecule has 0 bridgehead atoms. The normalized spacial score (nSPS) is 13.0. The zero-order valence-electron chi connectivity index (χ0n) is 33.5. The number of amides is 4. The van der Waals surface area contributed by atoms with Crippen LogP contribution in [0, 0.1) is 5.92 Å². The molecule has 1 atom stereocenters. The first-order valence-corrected chi connectivity index (χ1v) is 18.7. The molecule has 312 valence electrons. The Balaban J connectivity index is 4.34. The van der Waals surface area contributed by atoms with E-state index in [1.807, 2.05) is 27.7 Å². The van der Waals surface area contributed by atoms with Gasteiger partial charge in [-0.1, -0.05) is 10.3 Å². The molecule has 0 aromatic rings. The number of hydrogen-bond acceptors (Lipinski definition) is 14. The lowest BCUT2D eigenvalue weighted by Crippen LogP contribution is -2.47. The Hall–Kier alpha value is -3.71. The smallest absolute Gasteiger partial charge is 0.246 e. The second-order valence-electron chi connectivity index (χ2n) is 14.2. The van der Waals surface area contributed by atoms with Crippen molar-refractivity contribution in [3.63, 3.8) is 0 Å². The Labute approximate surface area is 320 Å². The van der Waals surface area contributed by atoms with Gasteiger partial charge in [-0.15, -0.1) is 0 Å². The zero-order valence-corrected chi connectivity index (χ0v) is 33.5. The van der Waals surface area contributed by atoms with Gasteiger partial charge in [-0.25, -0.2) is 0 Å². The maximum Gasteiger partial charge on any atom is 0.246 e. The molecule has 0 heterocycles. The number of aldehydes is 1. The quantitative estimate of drug-likeness (QED) is 0.0152. The first-order chi connectivity index (χ1) is 25.6. The van der Waals surface area contributed by atoms with Gasteiger partial charge in [0.1, 0.15) is 19.5 Å². The summed E-state index contributed by atoms with van der Waals surface area (Å²) < 4.78 is 15.9. The number of carbonyl (C=O) groups is 5. The summed E-state index contributed by atoms with van der Waals surface area (Å²) in [4.78, 5) is 58.9. The van der Waals surface area contributed by atoms with E-state index in [9.17, 15) is 24.0 Å². The molecule has 0 aromatic carbocycles. The Morgan fingerprint density at radius 1 is 0.630 bits per heavy atom. The van der Waals surface area contributed by atoms with E-state index in [0.717, 1.165) is 12.8 Å². The maximum absolute atomic E-state index is 12.4. The molecule has 0 saturated heterocycles. The van der Waals surface area contributed by atoms with Gasteiger partial charge in [0.05, 0.1) is 55.0 Å². The van der Waals surface area contributed by atoms with Crippen LogP contribution in [0.4, 0.5) is 0 Å². The largest absolute Gasteiger partial charge is 0.411 e. The second kappa shape index (κ2) is 29.6. The Kier molecular flexibility index (Phi) is 27.6. The Morgan fingerprint density at radius 3 is 1.72 bits per heavy atom. The number of oxime groups is 2. The van der Waals surface area contributed by atoms with Gasteiger partial charge in [0.2, 0.25) is 23.6 Å². The first kappa shape index (κ1) is 50.3. The van der Waals surface area contributed by atoms with Gasteiger partial charge >= 0.3 is 0 Å². The van der Waals surface area contributed by atoms with E-state index >= 15 is 0 Å². The van der Waals surface area contributed by atoms with Crippen LogP contribution >= 0.6 is 0 Å². The van der Waals surface area contributed by atoms with E-state index in [0.29, 0.717) is 95.9 Å². The van der Waals surface area contributed by atoms with Crippen LogP contribution in [0.3, 0.4) is 0 Å². The van der Waals surface area contributed by atoms with Gasteiger partial charge < -0.3 is 61.3 Å². The van der Waals surface area contributed by atoms with Crippen molar-refractivity contribution in [1.82, 2.24) is 31.9 Å². The summed E-state index contributed by atoms with van der Waals surface area (Å²) in [5.41, 5.74) is 0.169. The number of nitrogens with zero attached hydrogens (tertiary/aromatic N) is 2. The molecule has 0 aliphatic carbocycles. The lowest BCUT2D eigenvalue weighted by Gasteiger charge is -2.28. The molecule has 0 saturated carbocycles. The van der Waals surface area contributed by atoms with Crippen molar-refractivity contribution in [3.8, 4) is 0 Å². The molecule has 0 aliphatic heterocycles. The van der Waals surface area contributed by atoms with Gasteiger partial charge in [-0.3, -0.25) is 19.2 Å². The van der Waals surface area contributed by atoms with Crippen molar-refractivity contribution in [2.24, 2.45) is 16.2 Å². The molecule has 0 aromatic heterocycles. The molecule has 18 nitrogen and oxygen atoms in total. The molecule has 54 heavy (non-hydrogen) atoms. The summed E-state index contributed by atoms with van der Waals surface area (Å²) >= 11 is 0. The van der Waals surface area contributed by atoms with Crippen LogP contribution in [0.1, 0.15) is 93.4 Å². The molecule has 0 unspecified atom stereocenters. The van der Waals surface area contributed by atoms with Crippen LogP contribution in [0.5, 0.6) is 0 Å². The third-order valence-electron chi connectivity index (χ3n) is 8.93. The summed E-state index contributed by atoms with van der Waals surface area (Å²) in [6.07, 6.45) is 4.74. The minimum absolute atomic E-state index is 0.115. The van der Waals surface area contributed by atoms with Crippen molar-refractivity contribution < 1.29 is 48.6 Å². The average Bonchev–Trinajstić information content (AvgIpc) is 3.12.